The predicted molar refractivity (Wildman–Crippen MR) is 100 cm³/mol. The SMILES string of the molecule is CC(SCc1ccccc1)C(=O)NCCc1csc(C(C)C)n1. The molecule has 1 atom stereocenters. The second-order valence-electron chi connectivity index (χ2n) is 5.81. The van der Waals surface area contributed by atoms with E-state index in [0.29, 0.717) is 12.5 Å². The van der Waals surface area contributed by atoms with Gasteiger partial charge in [-0.15, -0.1) is 23.1 Å². The lowest BCUT2D eigenvalue weighted by Crippen LogP contribution is -2.32. The Morgan fingerprint density at radius 3 is 2.65 bits per heavy atom. The van der Waals surface area contributed by atoms with E-state index >= 15 is 0 Å². The fourth-order valence-corrected chi connectivity index (χ4v) is 3.77. The highest BCUT2D eigenvalue weighted by Gasteiger charge is 2.13. The van der Waals surface area contributed by atoms with Crippen molar-refractivity contribution >= 4 is 29.0 Å². The maximum atomic E-state index is 12.1. The molecule has 1 amide bonds. The normalized spacial score (nSPS) is 12.3. The molecule has 0 spiro atoms. The zero-order valence-corrected chi connectivity index (χ0v) is 15.5. The molecule has 1 aromatic heterocycles. The van der Waals surface area contributed by atoms with Gasteiger partial charge in [-0.25, -0.2) is 4.98 Å². The number of hydrogen-bond acceptors (Lipinski definition) is 4. The molecule has 1 unspecified atom stereocenters. The molecule has 0 aliphatic carbocycles. The van der Waals surface area contributed by atoms with Crippen LogP contribution in [0.15, 0.2) is 35.7 Å². The van der Waals surface area contributed by atoms with E-state index in [1.807, 2.05) is 25.1 Å². The van der Waals surface area contributed by atoms with Crippen LogP contribution in [-0.2, 0) is 17.0 Å². The number of aromatic nitrogens is 1. The third kappa shape index (κ3) is 5.99. The number of amides is 1. The first-order valence-electron chi connectivity index (χ1n) is 7.93. The lowest BCUT2D eigenvalue weighted by Gasteiger charge is -2.11. The minimum atomic E-state index is -0.0446. The number of nitrogens with one attached hydrogen (secondary N) is 1. The summed E-state index contributed by atoms with van der Waals surface area (Å²) in [6.07, 6.45) is 0.797. The minimum Gasteiger partial charge on any atom is -0.355 e. The quantitative estimate of drug-likeness (QED) is 0.775. The zero-order chi connectivity index (χ0) is 16.7. The first kappa shape index (κ1) is 18.0. The average Bonchev–Trinajstić information content (AvgIpc) is 3.02. The van der Waals surface area contributed by atoms with Crippen molar-refractivity contribution in [3.8, 4) is 0 Å². The van der Waals surface area contributed by atoms with Crippen LogP contribution in [0.3, 0.4) is 0 Å². The Bertz CT molecular complexity index is 610. The minimum absolute atomic E-state index is 0.0446. The van der Waals surface area contributed by atoms with E-state index in [1.165, 1.54) is 5.56 Å². The smallest absolute Gasteiger partial charge is 0.232 e. The number of nitrogens with zero attached hydrogens (tertiary/aromatic N) is 1. The van der Waals surface area contributed by atoms with Gasteiger partial charge in [0.25, 0.3) is 0 Å². The van der Waals surface area contributed by atoms with Crippen molar-refractivity contribution in [1.29, 1.82) is 0 Å². The molecule has 0 fully saturated rings. The molecule has 1 heterocycles. The zero-order valence-electron chi connectivity index (χ0n) is 13.9. The Kier molecular flexibility index (Phi) is 7.12. The maximum absolute atomic E-state index is 12.1. The van der Waals surface area contributed by atoms with Crippen molar-refractivity contribution in [3.05, 3.63) is 52.0 Å². The van der Waals surface area contributed by atoms with E-state index in [1.54, 1.807) is 23.1 Å². The monoisotopic (exact) mass is 348 g/mol. The lowest BCUT2D eigenvalue weighted by atomic mass is 10.2. The van der Waals surface area contributed by atoms with E-state index in [0.717, 1.165) is 22.9 Å². The van der Waals surface area contributed by atoms with Gasteiger partial charge in [0.1, 0.15) is 0 Å². The largest absolute Gasteiger partial charge is 0.355 e. The molecule has 124 valence electrons. The molecule has 0 aliphatic rings. The van der Waals surface area contributed by atoms with Crippen molar-refractivity contribution in [2.75, 3.05) is 6.54 Å². The first-order chi connectivity index (χ1) is 11.1. The van der Waals surface area contributed by atoms with Crippen LogP contribution in [0.2, 0.25) is 0 Å². The van der Waals surface area contributed by atoms with E-state index in [9.17, 15) is 4.79 Å². The molecule has 1 N–H and O–H groups in total. The molecule has 0 bridgehead atoms. The number of carbonyl (C=O) groups is 1. The number of hydrogen-bond donors (Lipinski definition) is 1. The molecule has 3 nitrogen and oxygen atoms in total. The summed E-state index contributed by atoms with van der Waals surface area (Å²) in [5.74, 6) is 1.43. The molecule has 0 saturated heterocycles. The van der Waals surface area contributed by atoms with E-state index in [4.69, 9.17) is 0 Å². The molecule has 5 heteroatoms. The number of thioether (sulfide) groups is 1. The van der Waals surface area contributed by atoms with Crippen LogP contribution in [0.25, 0.3) is 0 Å². The number of benzene rings is 1. The van der Waals surface area contributed by atoms with Gasteiger partial charge in [0, 0.05) is 30.0 Å². The van der Waals surface area contributed by atoms with Crippen LogP contribution in [-0.4, -0.2) is 22.7 Å². The number of rotatable bonds is 8. The number of thiazole rings is 1. The standard InChI is InChI=1S/C18H24N2OS2/c1-13(2)18-20-16(12-23-18)9-10-19-17(21)14(3)22-11-15-7-5-4-6-8-15/h4-8,12-14H,9-11H2,1-3H3,(H,19,21). The molecule has 0 radical (unpaired) electrons. The lowest BCUT2D eigenvalue weighted by molar-refractivity contribution is -0.120. The third-order valence-electron chi connectivity index (χ3n) is 3.46. The highest BCUT2D eigenvalue weighted by Crippen LogP contribution is 2.19. The van der Waals surface area contributed by atoms with Crippen LogP contribution in [0.5, 0.6) is 0 Å². The van der Waals surface area contributed by atoms with Gasteiger partial charge in [-0.05, 0) is 12.5 Å². The highest BCUT2D eigenvalue weighted by molar-refractivity contribution is 7.99. The Morgan fingerprint density at radius 2 is 2.00 bits per heavy atom. The van der Waals surface area contributed by atoms with Gasteiger partial charge >= 0.3 is 0 Å². The Balaban J connectivity index is 1.69. The third-order valence-corrected chi connectivity index (χ3v) is 5.86. The molecular formula is C18H24N2OS2. The molecule has 23 heavy (non-hydrogen) atoms. The molecular weight excluding hydrogens is 324 g/mol. The van der Waals surface area contributed by atoms with Gasteiger partial charge < -0.3 is 5.32 Å². The summed E-state index contributed by atoms with van der Waals surface area (Å²) >= 11 is 3.37. The Hall–Kier alpha value is -1.33. The van der Waals surface area contributed by atoms with Crippen molar-refractivity contribution in [2.45, 2.75) is 44.1 Å². The summed E-state index contributed by atoms with van der Waals surface area (Å²) in [6.45, 7) is 6.91. The first-order valence-corrected chi connectivity index (χ1v) is 9.86. The fourth-order valence-electron chi connectivity index (χ4n) is 2.03. The molecule has 2 aromatic rings. The van der Waals surface area contributed by atoms with Crippen LogP contribution < -0.4 is 5.32 Å². The van der Waals surface area contributed by atoms with Gasteiger partial charge in [-0.1, -0.05) is 44.2 Å². The van der Waals surface area contributed by atoms with Crippen LogP contribution >= 0.6 is 23.1 Å². The van der Waals surface area contributed by atoms with Crippen molar-refractivity contribution in [3.63, 3.8) is 0 Å². The van der Waals surface area contributed by atoms with Crippen LogP contribution in [0.1, 0.15) is 43.0 Å². The number of carbonyl (C=O) groups excluding carboxylic acids is 1. The summed E-state index contributed by atoms with van der Waals surface area (Å²) in [5, 5.41) is 6.22. The van der Waals surface area contributed by atoms with Crippen LogP contribution in [0.4, 0.5) is 0 Å². The van der Waals surface area contributed by atoms with Gasteiger partial charge in [-0.3, -0.25) is 4.79 Å². The summed E-state index contributed by atoms with van der Waals surface area (Å²) in [6, 6.07) is 10.2. The van der Waals surface area contributed by atoms with Gasteiger partial charge in [0.05, 0.1) is 16.0 Å². The molecule has 0 saturated carbocycles. The van der Waals surface area contributed by atoms with E-state index in [-0.39, 0.29) is 11.2 Å². The van der Waals surface area contributed by atoms with Crippen molar-refractivity contribution < 1.29 is 4.79 Å². The molecule has 2 rings (SSSR count). The molecule has 1 aromatic carbocycles. The maximum Gasteiger partial charge on any atom is 0.232 e. The van der Waals surface area contributed by atoms with Gasteiger partial charge in [0.15, 0.2) is 0 Å². The predicted octanol–water partition coefficient (Wildman–Crippen LogP) is 4.25. The summed E-state index contributed by atoms with van der Waals surface area (Å²) in [4.78, 5) is 16.7. The highest BCUT2D eigenvalue weighted by atomic mass is 32.2. The summed E-state index contributed by atoms with van der Waals surface area (Å²) in [7, 11) is 0. The second-order valence-corrected chi connectivity index (χ2v) is 8.03. The van der Waals surface area contributed by atoms with Crippen LogP contribution in [0, 0.1) is 0 Å². The van der Waals surface area contributed by atoms with E-state index < -0.39 is 0 Å². The van der Waals surface area contributed by atoms with Crippen molar-refractivity contribution in [2.24, 2.45) is 0 Å². The summed E-state index contributed by atoms with van der Waals surface area (Å²) < 4.78 is 0. The van der Waals surface area contributed by atoms with Gasteiger partial charge in [0.2, 0.25) is 5.91 Å². The Labute approximate surface area is 146 Å². The molecule has 0 aliphatic heterocycles. The van der Waals surface area contributed by atoms with Crippen molar-refractivity contribution in [1.82, 2.24) is 10.3 Å². The summed E-state index contributed by atoms with van der Waals surface area (Å²) in [5.41, 5.74) is 2.32. The average molecular weight is 349 g/mol. The second kappa shape index (κ2) is 9.08. The topological polar surface area (TPSA) is 42.0 Å². The van der Waals surface area contributed by atoms with Gasteiger partial charge in [-0.2, -0.15) is 0 Å². The Morgan fingerprint density at radius 1 is 1.26 bits per heavy atom. The fraction of sp³-hybridized carbons (Fsp3) is 0.444. The van der Waals surface area contributed by atoms with E-state index in [2.05, 4.69) is 41.7 Å².